The minimum Gasteiger partial charge on any atom is -0.379 e. The van der Waals surface area contributed by atoms with Crippen LogP contribution in [0.15, 0.2) is 35.3 Å². The number of aryl methyl sites for hydroxylation is 1. The minimum atomic E-state index is 0.849. The summed E-state index contributed by atoms with van der Waals surface area (Å²) >= 11 is 0. The van der Waals surface area contributed by atoms with Crippen LogP contribution in [-0.2, 0) is 11.2 Å². The number of morpholine rings is 1. The third-order valence-corrected chi connectivity index (χ3v) is 3.90. The first kappa shape index (κ1) is 17.8. The summed E-state index contributed by atoms with van der Waals surface area (Å²) in [5.74, 6) is 0.925. The highest BCUT2D eigenvalue weighted by Gasteiger charge is 2.09. The molecule has 23 heavy (non-hydrogen) atoms. The van der Waals surface area contributed by atoms with E-state index in [0.29, 0.717) is 0 Å². The van der Waals surface area contributed by atoms with Crippen molar-refractivity contribution in [2.75, 3.05) is 52.5 Å². The van der Waals surface area contributed by atoms with E-state index < -0.39 is 0 Å². The van der Waals surface area contributed by atoms with Crippen LogP contribution in [0, 0.1) is 0 Å². The number of rotatable bonds is 8. The molecular formula is C18H30N4O. The Morgan fingerprint density at radius 2 is 1.96 bits per heavy atom. The number of nitrogens with one attached hydrogen (secondary N) is 2. The molecule has 1 heterocycles. The molecule has 5 nitrogen and oxygen atoms in total. The Morgan fingerprint density at radius 1 is 1.17 bits per heavy atom. The van der Waals surface area contributed by atoms with Gasteiger partial charge in [-0.3, -0.25) is 9.89 Å². The van der Waals surface area contributed by atoms with Gasteiger partial charge >= 0.3 is 0 Å². The summed E-state index contributed by atoms with van der Waals surface area (Å²) in [5, 5.41) is 6.74. The Balaban J connectivity index is 1.65. The van der Waals surface area contributed by atoms with E-state index >= 15 is 0 Å². The van der Waals surface area contributed by atoms with Gasteiger partial charge in [0.25, 0.3) is 0 Å². The summed E-state index contributed by atoms with van der Waals surface area (Å²) in [7, 11) is 0. The molecule has 2 N–H and O–H groups in total. The Kier molecular flexibility index (Phi) is 8.51. The quantitative estimate of drug-likeness (QED) is 0.433. The molecule has 0 unspecified atom stereocenters. The molecule has 0 saturated carbocycles. The number of aliphatic imine (C=N–C) groups is 1. The van der Waals surface area contributed by atoms with Gasteiger partial charge < -0.3 is 15.4 Å². The van der Waals surface area contributed by atoms with Crippen LogP contribution in [0.25, 0.3) is 0 Å². The van der Waals surface area contributed by atoms with Crippen LogP contribution in [0.3, 0.4) is 0 Å². The first-order chi connectivity index (χ1) is 11.4. The molecule has 1 saturated heterocycles. The number of hydrogen-bond donors (Lipinski definition) is 2. The first-order valence-electron chi connectivity index (χ1n) is 8.74. The first-order valence-corrected chi connectivity index (χ1v) is 8.74. The fraction of sp³-hybridized carbons (Fsp3) is 0.611. The predicted octanol–water partition coefficient (Wildman–Crippen LogP) is 1.51. The van der Waals surface area contributed by atoms with Crippen molar-refractivity contribution in [3.8, 4) is 0 Å². The van der Waals surface area contributed by atoms with Crippen LogP contribution in [0.2, 0.25) is 0 Å². The zero-order chi connectivity index (χ0) is 16.2. The predicted molar refractivity (Wildman–Crippen MR) is 96.0 cm³/mol. The lowest BCUT2D eigenvalue weighted by Gasteiger charge is -2.26. The third kappa shape index (κ3) is 7.48. The van der Waals surface area contributed by atoms with Crippen LogP contribution < -0.4 is 10.6 Å². The molecule has 1 aliphatic rings. The van der Waals surface area contributed by atoms with Gasteiger partial charge in [-0.25, -0.2) is 0 Å². The van der Waals surface area contributed by atoms with E-state index in [1.54, 1.807) is 0 Å². The second-order valence-electron chi connectivity index (χ2n) is 5.73. The molecule has 128 valence electrons. The lowest BCUT2D eigenvalue weighted by molar-refractivity contribution is 0.0389. The summed E-state index contributed by atoms with van der Waals surface area (Å²) < 4.78 is 5.37. The van der Waals surface area contributed by atoms with Crippen LogP contribution in [0.1, 0.15) is 18.9 Å². The van der Waals surface area contributed by atoms with E-state index in [1.165, 1.54) is 5.56 Å². The van der Waals surface area contributed by atoms with Gasteiger partial charge in [0.15, 0.2) is 5.96 Å². The monoisotopic (exact) mass is 318 g/mol. The molecule has 1 aromatic carbocycles. The summed E-state index contributed by atoms with van der Waals surface area (Å²) in [6.07, 6.45) is 2.15. The average molecular weight is 318 g/mol. The molecule has 2 rings (SSSR count). The van der Waals surface area contributed by atoms with Crippen molar-refractivity contribution < 1.29 is 4.74 Å². The molecular weight excluding hydrogens is 288 g/mol. The number of benzene rings is 1. The molecule has 0 radical (unpaired) electrons. The van der Waals surface area contributed by atoms with Crippen molar-refractivity contribution in [1.82, 2.24) is 15.5 Å². The highest BCUT2D eigenvalue weighted by Crippen LogP contribution is 2.02. The van der Waals surface area contributed by atoms with E-state index in [0.717, 1.165) is 71.3 Å². The fourth-order valence-electron chi connectivity index (χ4n) is 2.62. The van der Waals surface area contributed by atoms with E-state index in [-0.39, 0.29) is 0 Å². The third-order valence-electron chi connectivity index (χ3n) is 3.90. The molecule has 5 heteroatoms. The molecule has 1 fully saturated rings. The van der Waals surface area contributed by atoms with Crippen LogP contribution in [-0.4, -0.2) is 63.3 Å². The van der Waals surface area contributed by atoms with E-state index in [2.05, 4.69) is 57.8 Å². The standard InChI is InChI=1S/C18H30N4O/c1-2-19-18(21-11-12-22-13-15-23-16-14-22)20-10-6-9-17-7-4-3-5-8-17/h3-5,7-8H,2,6,9-16H2,1H3,(H2,19,20,21). The van der Waals surface area contributed by atoms with Crippen molar-refractivity contribution in [3.63, 3.8) is 0 Å². The second kappa shape index (κ2) is 11.0. The molecule has 0 atom stereocenters. The van der Waals surface area contributed by atoms with Gasteiger partial charge in [0.1, 0.15) is 0 Å². The van der Waals surface area contributed by atoms with Crippen LogP contribution in [0.5, 0.6) is 0 Å². The average Bonchev–Trinajstić information content (AvgIpc) is 2.60. The molecule has 1 aromatic rings. The van der Waals surface area contributed by atoms with Crippen molar-refractivity contribution in [1.29, 1.82) is 0 Å². The maximum Gasteiger partial charge on any atom is 0.191 e. The van der Waals surface area contributed by atoms with E-state index in [1.807, 2.05) is 0 Å². The van der Waals surface area contributed by atoms with Gasteiger partial charge in [0.2, 0.25) is 0 Å². The van der Waals surface area contributed by atoms with Gasteiger partial charge in [0.05, 0.1) is 13.2 Å². The Labute approximate surface area is 140 Å². The summed E-state index contributed by atoms with van der Waals surface area (Å²) in [4.78, 5) is 7.09. The van der Waals surface area contributed by atoms with Gasteiger partial charge in [-0.15, -0.1) is 0 Å². The zero-order valence-electron chi connectivity index (χ0n) is 14.3. The Morgan fingerprint density at radius 3 is 2.70 bits per heavy atom. The maximum absolute atomic E-state index is 5.37. The molecule has 0 amide bonds. The van der Waals surface area contributed by atoms with E-state index in [4.69, 9.17) is 4.74 Å². The number of guanidine groups is 1. The van der Waals surface area contributed by atoms with Gasteiger partial charge in [0, 0.05) is 39.3 Å². The molecule has 1 aliphatic heterocycles. The zero-order valence-corrected chi connectivity index (χ0v) is 14.3. The topological polar surface area (TPSA) is 48.9 Å². The smallest absolute Gasteiger partial charge is 0.191 e. The van der Waals surface area contributed by atoms with Gasteiger partial charge in [-0.1, -0.05) is 30.3 Å². The number of nitrogens with zero attached hydrogens (tertiary/aromatic N) is 2. The van der Waals surface area contributed by atoms with E-state index in [9.17, 15) is 0 Å². The lowest BCUT2D eigenvalue weighted by atomic mass is 10.1. The molecule has 0 aliphatic carbocycles. The van der Waals surface area contributed by atoms with Gasteiger partial charge in [-0.05, 0) is 25.3 Å². The van der Waals surface area contributed by atoms with Gasteiger partial charge in [-0.2, -0.15) is 0 Å². The SMILES string of the molecule is CCNC(=NCCCc1ccccc1)NCCN1CCOCC1. The minimum absolute atomic E-state index is 0.849. The summed E-state index contributed by atoms with van der Waals surface area (Å²) in [6.45, 7) is 9.58. The number of ether oxygens (including phenoxy) is 1. The van der Waals surface area contributed by atoms with Crippen LogP contribution in [0.4, 0.5) is 0 Å². The highest BCUT2D eigenvalue weighted by molar-refractivity contribution is 5.79. The lowest BCUT2D eigenvalue weighted by Crippen LogP contribution is -2.44. The fourth-order valence-corrected chi connectivity index (χ4v) is 2.62. The summed E-state index contributed by atoms with van der Waals surface area (Å²) in [5.41, 5.74) is 1.38. The second-order valence-corrected chi connectivity index (χ2v) is 5.73. The van der Waals surface area contributed by atoms with Crippen molar-refractivity contribution in [2.45, 2.75) is 19.8 Å². The normalized spacial score (nSPS) is 16.3. The van der Waals surface area contributed by atoms with Crippen LogP contribution >= 0.6 is 0 Å². The van der Waals surface area contributed by atoms with Crippen molar-refractivity contribution in [3.05, 3.63) is 35.9 Å². The number of hydrogen-bond acceptors (Lipinski definition) is 3. The highest BCUT2D eigenvalue weighted by atomic mass is 16.5. The maximum atomic E-state index is 5.37. The summed E-state index contributed by atoms with van der Waals surface area (Å²) in [6, 6.07) is 10.6. The Hall–Kier alpha value is -1.59. The molecule has 0 aromatic heterocycles. The van der Waals surface area contributed by atoms with Crippen molar-refractivity contribution in [2.24, 2.45) is 4.99 Å². The largest absolute Gasteiger partial charge is 0.379 e. The van der Waals surface area contributed by atoms with Crippen molar-refractivity contribution >= 4 is 5.96 Å². The molecule has 0 bridgehead atoms. The molecule has 0 spiro atoms. The Bertz CT molecular complexity index is 444.